The summed E-state index contributed by atoms with van der Waals surface area (Å²) in [5, 5.41) is 4.07. The summed E-state index contributed by atoms with van der Waals surface area (Å²) in [6.45, 7) is 7.50. The molecule has 1 aromatic rings. The van der Waals surface area contributed by atoms with Crippen molar-refractivity contribution in [2.24, 2.45) is 11.8 Å². The van der Waals surface area contributed by atoms with Crippen molar-refractivity contribution in [1.82, 2.24) is 20.1 Å². The van der Waals surface area contributed by atoms with E-state index in [9.17, 15) is 4.79 Å². The van der Waals surface area contributed by atoms with Crippen molar-refractivity contribution in [2.45, 2.75) is 50.7 Å². The third-order valence-electron chi connectivity index (χ3n) is 8.31. The zero-order valence-electron chi connectivity index (χ0n) is 20.1. The molecule has 4 aliphatic rings. The van der Waals surface area contributed by atoms with Crippen LogP contribution in [0.5, 0.6) is 0 Å². The zero-order valence-corrected chi connectivity index (χ0v) is 21.6. The maximum atomic E-state index is 11.9. The normalized spacial score (nSPS) is 30.8. The lowest BCUT2D eigenvalue weighted by molar-refractivity contribution is 0.0502. The van der Waals surface area contributed by atoms with Crippen molar-refractivity contribution >= 4 is 34.9 Å². The van der Waals surface area contributed by atoms with Gasteiger partial charge in [-0.05, 0) is 69.7 Å². The molecular weight excluding hydrogens is 469 g/mol. The molecule has 1 saturated carbocycles. The number of rotatable bonds is 4. The van der Waals surface area contributed by atoms with Gasteiger partial charge >= 0.3 is 0 Å². The van der Waals surface area contributed by atoms with Crippen LogP contribution in [-0.2, 0) is 0 Å². The van der Waals surface area contributed by atoms with Crippen LogP contribution in [0.1, 0.15) is 43.0 Å². The molecule has 5 rings (SSSR count). The number of hydrogen-bond donors (Lipinski definition) is 1. The highest BCUT2D eigenvalue weighted by atomic mass is 35.5. The highest BCUT2D eigenvalue weighted by Gasteiger charge is 2.40. The van der Waals surface area contributed by atoms with Gasteiger partial charge < -0.3 is 10.2 Å². The van der Waals surface area contributed by atoms with E-state index in [0.717, 1.165) is 30.5 Å². The van der Waals surface area contributed by atoms with Crippen molar-refractivity contribution in [3.8, 4) is 0 Å². The molecule has 2 unspecified atom stereocenters. The number of carbonyl (C=O) groups is 1. The maximum absolute atomic E-state index is 11.9. The van der Waals surface area contributed by atoms with Crippen LogP contribution in [0.3, 0.4) is 0 Å². The van der Waals surface area contributed by atoms with Gasteiger partial charge in [-0.25, -0.2) is 4.98 Å². The molecule has 1 N–H and O–H groups in total. The van der Waals surface area contributed by atoms with E-state index in [4.69, 9.17) is 23.2 Å². The molecule has 34 heavy (non-hydrogen) atoms. The first-order valence-electron chi connectivity index (χ1n) is 12.6. The highest BCUT2D eigenvalue weighted by Crippen LogP contribution is 2.42. The van der Waals surface area contributed by atoms with Gasteiger partial charge in [0.15, 0.2) is 0 Å². The lowest BCUT2D eigenvalue weighted by Crippen LogP contribution is -2.58. The Kier molecular flexibility index (Phi) is 7.22. The number of hydrogen-bond acceptors (Lipinski definition) is 5. The molecule has 2 aliphatic heterocycles. The van der Waals surface area contributed by atoms with Crippen molar-refractivity contribution in [1.29, 1.82) is 0 Å². The molecule has 2 aliphatic carbocycles. The molecule has 1 amide bonds. The number of likely N-dealkylation sites (tertiary alicyclic amines) is 1. The van der Waals surface area contributed by atoms with Crippen LogP contribution in [-0.4, -0.2) is 78.6 Å². The minimum absolute atomic E-state index is 0.168. The standard InChI is InChI=1S/C26H35Cl2N5O/c1-17-16-32(25-23(28)14-19(15-30-25)26(34)29-2)11-12-33(17)21-7-9-31(10-8-21)24-6-3-18-13-20(27)4-5-22(18)24/h4-5,13-15,17-18,21-22,24H,3,6-12,16H2,1-2H3,(H,29,34)/t17-,18?,22?,24-/m0/s1. The molecule has 0 radical (unpaired) electrons. The van der Waals surface area contributed by atoms with E-state index < -0.39 is 0 Å². The Hall–Kier alpha value is -1.60. The fraction of sp³-hybridized carbons (Fsp3) is 0.615. The molecule has 184 valence electrons. The molecule has 8 heteroatoms. The first-order valence-corrected chi connectivity index (χ1v) is 13.4. The summed E-state index contributed by atoms with van der Waals surface area (Å²) in [5.74, 6) is 1.87. The quantitative estimate of drug-likeness (QED) is 0.668. The number of nitrogens with one attached hydrogen (secondary N) is 1. The third-order valence-corrected chi connectivity index (χ3v) is 8.84. The van der Waals surface area contributed by atoms with Gasteiger partial charge in [0, 0.05) is 56.0 Å². The van der Waals surface area contributed by atoms with Gasteiger partial charge in [-0.2, -0.15) is 0 Å². The molecule has 1 aromatic heterocycles. The summed E-state index contributed by atoms with van der Waals surface area (Å²) in [5.41, 5.74) is 0.492. The van der Waals surface area contributed by atoms with Crippen molar-refractivity contribution in [2.75, 3.05) is 44.7 Å². The minimum Gasteiger partial charge on any atom is -0.355 e. The van der Waals surface area contributed by atoms with Gasteiger partial charge in [0.25, 0.3) is 5.91 Å². The molecule has 3 heterocycles. The lowest BCUT2D eigenvalue weighted by Gasteiger charge is -2.48. The Morgan fingerprint density at radius 1 is 1.12 bits per heavy atom. The number of nitrogens with zero attached hydrogens (tertiary/aromatic N) is 4. The van der Waals surface area contributed by atoms with Crippen LogP contribution < -0.4 is 10.2 Å². The first-order chi connectivity index (χ1) is 16.4. The van der Waals surface area contributed by atoms with Gasteiger partial charge in [0.1, 0.15) is 5.82 Å². The number of anilines is 1. The number of amides is 1. The maximum Gasteiger partial charge on any atom is 0.252 e. The Labute approximate surface area is 213 Å². The van der Waals surface area contributed by atoms with Crippen molar-refractivity contribution in [3.05, 3.63) is 46.1 Å². The Balaban J connectivity index is 1.16. The first kappa shape index (κ1) is 24.1. The highest BCUT2D eigenvalue weighted by molar-refractivity contribution is 6.33. The summed E-state index contributed by atoms with van der Waals surface area (Å²) < 4.78 is 0. The van der Waals surface area contributed by atoms with Gasteiger partial charge in [-0.3, -0.25) is 14.6 Å². The number of fused-ring (bicyclic) bond motifs is 1. The van der Waals surface area contributed by atoms with E-state index in [1.165, 1.54) is 38.8 Å². The summed E-state index contributed by atoms with van der Waals surface area (Å²) in [6, 6.07) is 3.46. The Morgan fingerprint density at radius 3 is 2.62 bits per heavy atom. The average molecular weight is 505 g/mol. The van der Waals surface area contributed by atoms with E-state index in [1.807, 2.05) is 0 Å². The van der Waals surface area contributed by atoms with Crippen LogP contribution in [0.2, 0.25) is 5.02 Å². The molecule has 6 nitrogen and oxygen atoms in total. The molecule has 2 saturated heterocycles. The van der Waals surface area contributed by atoms with Crippen molar-refractivity contribution in [3.63, 3.8) is 0 Å². The van der Waals surface area contributed by atoms with E-state index in [0.29, 0.717) is 40.5 Å². The van der Waals surface area contributed by atoms with Gasteiger partial charge in [-0.1, -0.05) is 35.4 Å². The predicted octanol–water partition coefficient (Wildman–Crippen LogP) is 4.16. The summed E-state index contributed by atoms with van der Waals surface area (Å²) >= 11 is 12.8. The third kappa shape index (κ3) is 4.75. The molecule has 0 aromatic carbocycles. The Morgan fingerprint density at radius 2 is 1.91 bits per heavy atom. The minimum atomic E-state index is -0.168. The van der Waals surface area contributed by atoms with E-state index in [-0.39, 0.29) is 5.91 Å². The number of piperazine rings is 1. The average Bonchev–Trinajstić information content (AvgIpc) is 3.26. The van der Waals surface area contributed by atoms with E-state index >= 15 is 0 Å². The van der Waals surface area contributed by atoms with Crippen LogP contribution in [0.4, 0.5) is 5.82 Å². The van der Waals surface area contributed by atoms with E-state index in [2.05, 4.69) is 50.2 Å². The van der Waals surface area contributed by atoms with Crippen molar-refractivity contribution < 1.29 is 4.79 Å². The van der Waals surface area contributed by atoms with Gasteiger partial charge in [0.05, 0.1) is 10.6 Å². The fourth-order valence-corrected chi connectivity index (χ4v) is 7.10. The summed E-state index contributed by atoms with van der Waals surface area (Å²) in [4.78, 5) is 24.1. The van der Waals surface area contributed by atoms with Gasteiger partial charge in [0.2, 0.25) is 0 Å². The number of halogens is 2. The zero-order chi connectivity index (χ0) is 23.8. The number of aromatic nitrogens is 1. The summed E-state index contributed by atoms with van der Waals surface area (Å²) in [7, 11) is 1.61. The number of carbonyl (C=O) groups excluding carboxylic acids is 1. The second-order valence-corrected chi connectivity index (χ2v) is 11.0. The lowest BCUT2D eigenvalue weighted by atomic mass is 9.88. The monoisotopic (exact) mass is 503 g/mol. The SMILES string of the molecule is CNC(=O)c1cnc(N2CCN(C3CCN([C@H]4CCC5C=C(Cl)C=CC54)CC3)[C@@H](C)C2)c(Cl)c1. The smallest absolute Gasteiger partial charge is 0.252 e. The largest absolute Gasteiger partial charge is 0.355 e. The molecule has 0 spiro atoms. The second kappa shape index (κ2) is 10.2. The van der Waals surface area contributed by atoms with E-state index in [1.54, 1.807) is 19.3 Å². The van der Waals surface area contributed by atoms with Gasteiger partial charge in [-0.15, -0.1) is 0 Å². The topological polar surface area (TPSA) is 51.7 Å². The Bertz CT molecular complexity index is 974. The van der Waals surface area contributed by atoms with Crippen LogP contribution in [0.25, 0.3) is 0 Å². The molecule has 0 bridgehead atoms. The number of allylic oxidation sites excluding steroid dienone is 3. The second-order valence-electron chi connectivity index (χ2n) is 10.2. The predicted molar refractivity (Wildman–Crippen MR) is 139 cm³/mol. The number of piperidine rings is 1. The fourth-order valence-electron chi connectivity index (χ4n) is 6.58. The molecule has 4 atom stereocenters. The number of pyridine rings is 1. The molecular formula is C26H35Cl2N5O. The van der Waals surface area contributed by atoms with Crippen LogP contribution in [0, 0.1) is 11.8 Å². The summed E-state index contributed by atoms with van der Waals surface area (Å²) in [6.07, 6.45) is 13.4. The van der Waals surface area contributed by atoms with Crippen LogP contribution >= 0.6 is 23.2 Å². The molecule has 3 fully saturated rings. The van der Waals surface area contributed by atoms with Crippen LogP contribution in [0.15, 0.2) is 35.5 Å².